The van der Waals surface area contributed by atoms with E-state index >= 15 is 0 Å². The maximum Gasteiger partial charge on any atom is 0.260 e. The zero-order valence-electron chi connectivity index (χ0n) is 13.1. The lowest BCUT2D eigenvalue weighted by molar-refractivity contribution is -0.127. The number of benzene rings is 2. The molecule has 23 heavy (non-hydrogen) atoms. The summed E-state index contributed by atoms with van der Waals surface area (Å²) in [5.74, 6) is 0.434. The Morgan fingerprint density at radius 1 is 1.09 bits per heavy atom. The van der Waals surface area contributed by atoms with Crippen LogP contribution in [0.15, 0.2) is 48.5 Å². The van der Waals surface area contributed by atoms with Crippen molar-refractivity contribution in [2.24, 2.45) is 0 Å². The molecule has 2 aromatic carbocycles. The second-order valence-electron chi connectivity index (χ2n) is 5.37. The minimum Gasteiger partial charge on any atom is -0.479 e. The molecule has 0 aliphatic heterocycles. The Kier molecular flexibility index (Phi) is 6.31. The van der Waals surface area contributed by atoms with Gasteiger partial charge in [-0.2, -0.15) is 0 Å². The lowest BCUT2D eigenvalue weighted by Crippen LogP contribution is -2.38. The molecule has 2 rings (SSSR count). The molecule has 0 spiro atoms. The second-order valence-corrected chi connectivity index (χ2v) is 6.15. The molecule has 0 saturated heterocycles. The van der Waals surface area contributed by atoms with E-state index in [1.807, 2.05) is 30.3 Å². The van der Waals surface area contributed by atoms with Crippen LogP contribution >= 0.6 is 23.2 Å². The van der Waals surface area contributed by atoms with E-state index in [1.54, 1.807) is 25.1 Å². The highest BCUT2D eigenvalue weighted by molar-refractivity contribution is 6.42. The van der Waals surface area contributed by atoms with Gasteiger partial charge in [-0.3, -0.25) is 4.79 Å². The van der Waals surface area contributed by atoms with Crippen molar-refractivity contribution >= 4 is 29.1 Å². The minimum atomic E-state index is -0.658. The van der Waals surface area contributed by atoms with Crippen LogP contribution in [0.5, 0.6) is 5.75 Å². The number of nitrogens with one attached hydrogen (secondary N) is 1. The number of carbonyl (C=O) groups is 1. The summed E-state index contributed by atoms with van der Waals surface area (Å²) in [6, 6.07) is 15.1. The van der Waals surface area contributed by atoms with Gasteiger partial charge in [0.25, 0.3) is 5.91 Å². The summed E-state index contributed by atoms with van der Waals surface area (Å²) in [5.41, 5.74) is 1.18. The number of hydrogen-bond donors (Lipinski definition) is 1. The fourth-order valence-electron chi connectivity index (χ4n) is 2.12. The fraction of sp³-hybridized carbons (Fsp3) is 0.278. The molecule has 0 aromatic heterocycles. The topological polar surface area (TPSA) is 38.3 Å². The summed E-state index contributed by atoms with van der Waals surface area (Å²) >= 11 is 12.0. The molecule has 5 heteroatoms. The molecule has 0 heterocycles. The molecule has 1 amide bonds. The van der Waals surface area contributed by atoms with Gasteiger partial charge in [0.15, 0.2) is 6.10 Å². The summed E-state index contributed by atoms with van der Waals surface area (Å²) in [5, 5.41) is 3.60. The Morgan fingerprint density at radius 2 is 1.78 bits per heavy atom. The largest absolute Gasteiger partial charge is 0.479 e. The van der Waals surface area contributed by atoms with Crippen molar-refractivity contribution in [2.45, 2.75) is 25.9 Å². The fourth-order valence-corrected chi connectivity index (χ4v) is 2.45. The Labute approximate surface area is 146 Å². The van der Waals surface area contributed by atoms with Crippen molar-refractivity contribution in [1.29, 1.82) is 0 Å². The van der Waals surface area contributed by atoms with Crippen molar-refractivity contribution < 1.29 is 9.53 Å². The summed E-state index contributed by atoms with van der Waals surface area (Å²) in [6.45, 7) is 4.29. The third kappa shape index (κ3) is 4.88. The van der Waals surface area contributed by atoms with Crippen LogP contribution < -0.4 is 10.1 Å². The van der Waals surface area contributed by atoms with Gasteiger partial charge < -0.3 is 10.1 Å². The van der Waals surface area contributed by atoms with E-state index in [0.29, 0.717) is 22.3 Å². The van der Waals surface area contributed by atoms with E-state index in [2.05, 4.69) is 12.2 Å². The quantitative estimate of drug-likeness (QED) is 0.820. The lowest BCUT2D eigenvalue weighted by atomic mass is 10.0. The third-order valence-electron chi connectivity index (χ3n) is 3.54. The minimum absolute atomic E-state index is 0.191. The molecule has 2 aromatic rings. The van der Waals surface area contributed by atoms with Crippen molar-refractivity contribution in [3.8, 4) is 5.75 Å². The van der Waals surface area contributed by atoms with Crippen molar-refractivity contribution in [2.75, 3.05) is 6.54 Å². The molecule has 2 atom stereocenters. The van der Waals surface area contributed by atoms with Gasteiger partial charge in [0.2, 0.25) is 0 Å². The first-order valence-corrected chi connectivity index (χ1v) is 8.18. The van der Waals surface area contributed by atoms with Gasteiger partial charge in [0, 0.05) is 6.54 Å². The summed E-state index contributed by atoms with van der Waals surface area (Å²) < 4.78 is 5.60. The predicted octanol–water partition coefficient (Wildman–Crippen LogP) is 4.68. The van der Waals surface area contributed by atoms with Crippen LogP contribution in [0.4, 0.5) is 0 Å². The number of carbonyl (C=O) groups excluding carboxylic acids is 1. The van der Waals surface area contributed by atoms with Crippen molar-refractivity contribution in [3.63, 3.8) is 0 Å². The molecule has 122 valence electrons. The van der Waals surface area contributed by atoms with E-state index in [-0.39, 0.29) is 11.8 Å². The molecular weight excluding hydrogens is 333 g/mol. The number of rotatable bonds is 6. The maximum absolute atomic E-state index is 12.2. The highest BCUT2D eigenvalue weighted by Crippen LogP contribution is 2.32. The van der Waals surface area contributed by atoms with Crippen LogP contribution in [0.3, 0.4) is 0 Å². The molecule has 0 bridgehead atoms. The summed E-state index contributed by atoms with van der Waals surface area (Å²) in [4.78, 5) is 12.2. The van der Waals surface area contributed by atoms with Crippen LogP contribution in [-0.4, -0.2) is 18.6 Å². The number of amides is 1. The third-order valence-corrected chi connectivity index (χ3v) is 4.34. The SMILES string of the molecule is C[C@H](Oc1cccc(Cl)c1Cl)C(=O)NC[C@@H](C)c1ccccc1. The van der Waals surface area contributed by atoms with Gasteiger partial charge in [-0.25, -0.2) is 0 Å². The van der Waals surface area contributed by atoms with Gasteiger partial charge in [0.05, 0.1) is 5.02 Å². The highest BCUT2D eigenvalue weighted by Gasteiger charge is 2.17. The summed E-state index contributed by atoms with van der Waals surface area (Å²) in [6.07, 6.45) is -0.658. The van der Waals surface area contributed by atoms with E-state index in [0.717, 1.165) is 0 Å². The van der Waals surface area contributed by atoms with Gasteiger partial charge in [-0.15, -0.1) is 0 Å². The molecule has 0 unspecified atom stereocenters. The number of halogens is 2. The van der Waals surface area contributed by atoms with E-state index in [9.17, 15) is 4.79 Å². The van der Waals surface area contributed by atoms with E-state index in [1.165, 1.54) is 5.56 Å². The predicted molar refractivity (Wildman–Crippen MR) is 94.4 cm³/mol. The molecular formula is C18H19Cl2NO2. The molecule has 0 aliphatic carbocycles. The Balaban J connectivity index is 1.89. The first-order chi connectivity index (χ1) is 11.0. The number of hydrogen-bond acceptors (Lipinski definition) is 2. The smallest absolute Gasteiger partial charge is 0.260 e. The maximum atomic E-state index is 12.2. The van der Waals surface area contributed by atoms with Crippen LogP contribution in [0.1, 0.15) is 25.3 Å². The normalized spacial score (nSPS) is 13.2. The highest BCUT2D eigenvalue weighted by atomic mass is 35.5. The van der Waals surface area contributed by atoms with Crippen LogP contribution in [-0.2, 0) is 4.79 Å². The monoisotopic (exact) mass is 351 g/mol. The molecule has 0 radical (unpaired) electrons. The van der Waals surface area contributed by atoms with Gasteiger partial charge >= 0.3 is 0 Å². The average Bonchev–Trinajstić information content (AvgIpc) is 2.57. The molecule has 0 saturated carbocycles. The Morgan fingerprint density at radius 3 is 2.48 bits per heavy atom. The standard InChI is InChI=1S/C18H19Cl2NO2/c1-12(14-7-4-3-5-8-14)11-21-18(22)13(2)23-16-10-6-9-15(19)17(16)20/h3-10,12-13H,11H2,1-2H3,(H,21,22)/t12-,13+/m1/s1. The van der Waals surface area contributed by atoms with Gasteiger partial charge in [-0.1, -0.05) is 66.5 Å². The van der Waals surface area contributed by atoms with Crippen molar-refractivity contribution in [1.82, 2.24) is 5.32 Å². The average molecular weight is 352 g/mol. The Hall–Kier alpha value is -1.71. The van der Waals surface area contributed by atoms with Crippen LogP contribution in [0.25, 0.3) is 0 Å². The first kappa shape index (κ1) is 17.6. The lowest BCUT2D eigenvalue weighted by Gasteiger charge is -2.18. The van der Waals surface area contributed by atoms with Crippen LogP contribution in [0, 0.1) is 0 Å². The van der Waals surface area contributed by atoms with Crippen molar-refractivity contribution in [3.05, 3.63) is 64.1 Å². The first-order valence-electron chi connectivity index (χ1n) is 7.42. The molecule has 0 aliphatic rings. The molecule has 0 fully saturated rings. The Bertz CT molecular complexity index is 661. The van der Waals surface area contributed by atoms with E-state index in [4.69, 9.17) is 27.9 Å². The zero-order valence-corrected chi connectivity index (χ0v) is 14.6. The van der Waals surface area contributed by atoms with Crippen LogP contribution in [0.2, 0.25) is 10.0 Å². The summed E-state index contributed by atoms with van der Waals surface area (Å²) in [7, 11) is 0. The van der Waals surface area contributed by atoms with Gasteiger partial charge in [-0.05, 0) is 30.5 Å². The molecule has 3 nitrogen and oxygen atoms in total. The van der Waals surface area contributed by atoms with Gasteiger partial charge in [0.1, 0.15) is 10.8 Å². The zero-order chi connectivity index (χ0) is 16.8. The second kappa shape index (κ2) is 8.23. The van der Waals surface area contributed by atoms with E-state index < -0.39 is 6.10 Å². The number of ether oxygens (including phenoxy) is 1. The molecule has 1 N–H and O–H groups in total.